The molecule has 0 atom stereocenters. The number of carboxylic acid groups (broad SMARTS) is 3. The van der Waals surface area contributed by atoms with E-state index in [1.54, 1.807) is 0 Å². The van der Waals surface area contributed by atoms with Crippen LogP contribution in [0.3, 0.4) is 0 Å². The van der Waals surface area contributed by atoms with E-state index in [2.05, 4.69) is 62.2 Å². The van der Waals surface area contributed by atoms with E-state index in [4.69, 9.17) is 15.3 Å². The summed E-state index contributed by atoms with van der Waals surface area (Å²) in [5.74, 6) is -2.94. The molecule has 0 fully saturated rings. The molecule has 3 rings (SSSR count). The Morgan fingerprint density at radius 3 is 1.66 bits per heavy atom. The molecule has 0 bridgehead atoms. The van der Waals surface area contributed by atoms with Crippen molar-refractivity contribution in [2.75, 3.05) is 0 Å². The van der Waals surface area contributed by atoms with Crippen molar-refractivity contribution in [3.05, 3.63) is 97.6 Å². The molecular weight excluding hydrogens is 408 g/mol. The number of aliphatic carboxylic acids is 3. The van der Waals surface area contributed by atoms with Crippen molar-refractivity contribution in [3.8, 4) is 11.1 Å². The van der Waals surface area contributed by atoms with Gasteiger partial charge in [-0.3, -0.25) is 0 Å². The molecule has 0 radical (unpaired) electrons. The Bertz CT molecular complexity index is 772. The summed E-state index contributed by atoms with van der Waals surface area (Å²) in [5.41, 5.74) is 5.51. The molecule has 0 aromatic heterocycles. The van der Waals surface area contributed by atoms with E-state index in [0.29, 0.717) is 0 Å². The summed E-state index contributed by atoms with van der Waals surface area (Å²) < 4.78 is 0. The van der Waals surface area contributed by atoms with Crippen LogP contribution in [-0.4, -0.2) is 33.2 Å². The standard InChI is InChI=1S/C13H9.3C3H4O2.Ti/c1-3-7-12-10(5-1)9-11-6-2-4-8-13(11)12;3*1-2-3(4)5;/h1-5,7-8H,9H2;3*2H,1H2,(H,4,5);/q-1;;;;. The molecule has 1 aliphatic carbocycles. The Balaban J connectivity index is 0. The minimum Gasteiger partial charge on any atom is -0.478 e. The van der Waals surface area contributed by atoms with E-state index in [1.807, 2.05) is 6.07 Å². The molecule has 2 aromatic rings. The van der Waals surface area contributed by atoms with Crippen LogP contribution < -0.4 is 0 Å². The predicted molar refractivity (Wildman–Crippen MR) is 107 cm³/mol. The predicted octanol–water partition coefficient (Wildman–Crippen LogP) is 3.83. The fourth-order valence-corrected chi connectivity index (χ4v) is 2.00. The zero-order valence-electron chi connectivity index (χ0n) is 15.7. The largest absolute Gasteiger partial charge is 0.478 e. The van der Waals surface area contributed by atoms with Crippen LogP contribution in [0.1, 0.15) is 11.1 Å². The van der Waals surface area contributed by atoms with Gasteiger partial charge in [-0.25, -0.2) is 14.4 Å². The van der Waals surface area contributed by atoms with Gasteiger partial charge < -0.3 is 15.3 Å². The van der Waals surface area contributed by atoms with Gasteiger partial charge in [-0.05, 0) is 6.42 Å². The molecule has 1 aliphatic rings. The maximum absolute atomic E-state index is 9.25. The summed E-state index contributed by atoms with van der Waals surface area (Å²) in [7, 11) is 0. The first-order valence-electron chi connectivity index (χ1n) is 7.90. The summed E-state index contributed by atoms with van der Waals surface area (Å²) in [6.45, 7) is 8.88. The zero-order valence-corrected chi connectivity index (χ0v) is 17.2. The normalized spacial score (nSPS) is 8.83. The molecule has 0 unspecified atom stereocenters. The molecule has 29 heavy (non-hydrogen) atoms. The van der Waals surface area contributed by atoms with Crippen molar-refractivity contribution in [3.63, 3.8) is 0 Å². The molecule has 0 heterocycles. The third-order valence-electron chi connectivity index (χ3n) is 3.14. The van der Waals surface area contributed by atoms with Crippen molar-refractivity contribution in [2.45, 2.75) is 6.42 Å². The second-order valence-electron chi connectivity index (χ2n) is 5.02. The van der Waals surface area contributed by atoms with E-state index >= 15 is 0 Å². The van der Waals surface area contributed by atoms with Gasteiger partial charge in [0.1, 0.15) is 0 Å². The van der Waals surface area contributed by atoms with Crippen LogP contribution in [0, 0.1) is 6.07 Å². The Morgan fingerprint density at radius 1 is 0.793 bits per heavy atom. The van der Waals surface area contributed by atoms with Crippen LogP contribution >= 0.6 is 0 Å². The van der Waals surface area contributed by atoms with Gasteiger partial charge in [0.15, 0.2) is 0 Å². The molecule has 150 valence electrons. The number of fused-ring (bicyclic) bond motifs is 3. The Hall–Kier alpha value is -3.22. The zero-order chi connectivity index (χ0) is 21.5. The van der Waals surface area contributed by atoms with Crippen molar-refractivity contribution in [1.82, 2.24) is 0 Å². The molecule has 3 N–H and O–H groups in total. The first kappa shape index (κ1) is 28.0. The summed E-state index contributed by atoms with van der Waals surface area (Å²) in [5, 5.41) is 22.8. The second kappa shape index (κ2) is 15.8. The van der Waals surface area contributed by atoms with Gasteiger partial charge in [0.2, 0.25) is 0 Å². The number of hydrogen-bond acceptors (Lipinski definition) is 3. The third kappa shape index (κ3) is 12.0. The minimum atomic E-state index is -0.981. The molecule has 0 aliphatic heterocycles. The SMILES string of the molecule is C=CC(=O)O.C=CC(=O)O.C=CC(=O)O.[Ti].[c-]1cccc2c1Cc1ccccc1-2. The van der Waals surface area contributed by atoms with Crippen LogP contribution in [0.15, 0.2) is 80.4 Å². The summed E-state index contributed by atoms with van der Waals surface area (Å²) in [4.78, 5) is 27.8. The van der Waals surface area contributed by atoms with Gasteiger partial charge >= 0.3 is 17.9 Å². The molecule has 2 aromatic carbocycles. The number of rotatable bonds is 3. The average Bonchev–Trinajstić information content (AvgIpc) is 3.08. The van der Waals surface area contributed by atoms with Gasteiger partial charge in [-0.2, -0.15) is 29.8 Å². The first-order valence-corrected chi connectivity index (χ1v) is 7.90. The average molecular weight is 429 g/mol. The summed E-state index contributed by atoms with van der Waals surface area (Å²) >= 11 is 0. The van der Waals surface area contributed by atoms with E-state index in [-0.39, 0.29) is 21.7 Å². The van der Waals surface area contributed by atoms with Crippen LogP contribution in [0.5, 0.6) is 0 Å². The number of benzene rings is 2. The maximum atomic E-state index is 9.25. The monoisotopic (exact) mass is 429 g/mol. The molecule has 0 saturated carbocycles. The van der Waals surface area contributed by atoms with E-state index in [1.165, 1.54) is 22.3 Å². The first-order chi connectivity index (χ1) is 13.3. The van der Waals surface area contributed by atoms with Crippen LogP contribution in [0.25, 0.3) is 11.1 Å². The Morgan fingerprint density at radius 2 is 1.21 bits per heavy atom. The van der Waals surface area contributed by atoms with Crippen molar-refractivity contribution >= 4 is 17.9 Å². The Labute approximate surface area is 184 Å². The summed E-state index contributed by atoms with van der Waals surface area (Å²) in [6, 6.07) is 18.1. The van der Waals surface area contributed by atoms with Crippen molar-refractivity contribution < 1.29 is 51.4 Å². The molecular formula is C22H21O6Ti-. The fraction of sp³-hybridized carbons (Fsp3) is 0.0455. The molecule has 0 spiro atoms. The molecule has 0 amide bonds. The number of hydrogen-bond donors (Lipinski definition) is 3. The summed E-state index contributed by atoms with van der Waals surface area (Å²) in [6.07, 6.45) is 3.55. The van der Waals surface area contributed by atoms with Crippen molar-refractivity contribution in [1.29, 1.82) is 0 Å². The Kier molecular flexibility index (Phi) is 15.3. The van der Waals surface area contributed by atoms with Gasteiger partial charge in [0.25, 0.3) is 0 Å². The quantitative estimate of drug-likeness (QED) is 0.332. The van der Waals surface area contributed by atoms with E-state index in [0.717, 1.165) is 24.6 Å². The second-order valence-corrected chi connectivity index (χ2v) is 5.02. The molecule has 0 saturated heterocycles. The molecule has 6 nitrogen and oxygen atoms in total. The fourth-order valence-electron chi connectivity index (χ4n) is 2.00. The van der Waals surface area contributed by atoms with Gasteiger partial charge in [0, 0.05) is 39.9 Å². The topological polar surface area (TPSA) is 112 Å². The van der Waals surface area contributed by atoms with Crippen molar-refractivity contribution in [2.24, 2.45) is 0 Å². The van der Waals surface area contributed by atoms with Crippen LogP contribution in [-0.2, 0) is 42.5 Å². The van der Waals surface area contributed by atoms with Gasteiger partial charge in [0.05, 0.1) is 0 Å². The maximum Gasteiger partial charge on any atom is 0.327 e. The van der Waals surface area contributed by atoms with Crippen LogP contribution in [0.4, 0.5) is 0 Å². The third-order valence-corrected chi connectivity index (χ3v) is 3.14. The molecule has 7 heteroatoms. The number of carbonyl (C=O) groups is 3. The van der Waals surface area contributed by atoms with E-state index < -0.39 is 17.9 Å². The van der Waals surface area contributed by atoms with Crippen LogP contribution in [0.2, 0.25) is 0 Å². The number of carboxylic acids is 3. The minimum absolute atomic E-state index is 0. The van der Waals surface area contributed by atoms with Gasteiger partial charge in [-0.1, -0.05) is 55.1 Å². The van der Waals surface area contributed by atoms with Gasteiger partial charge in [-0.15, -0.1) is 5.56 Å². The van der Waals surface area contributed by atoms with E-state index in [9.17, 15) is 14.4 Å². The smallest absolute Gasteiger partial charge is 0.327 e.